The Balaban J connectivity index is 3.26. The molecular formula is C10H9BrF4. The monoisotopic (exact) mass is 284 g/mol. The van der Waals surface area contributed by atoms with Gasteiger partial charge in [-0.2, -0.15) is 0 Å². The molecule has 0 aromatic heterocycles. The fourth-order valence-corrected chi connectivity index (χ4v) is 1.57. The highest BCUT2D eigenvalue weighted by Gasteiger charge is 2.23. The molecule has 15 heavy (non-hydrogen) atoms. The molecule has 0 atom stereocenters. The molecular weight excluding hydrogens is 276 g/mol. The van der Waals surface area contributed by atoms with Crippen molar-refractivity contribution in [1.82, 2.24) is 0 Å². The van der Waals surface area contributed by atoms with Gasteiger partial charge in [0.05, 0.1) is 4.47 Å². The lowest BCUT2D eigenvalue weighted by Gasteiger charge is -2.07. The minimum atomic E-state index is -1.37. The van der Waals surface area contributed by atoms with Gasteiger partial charge < -0.3 is 0 Å². The summed E-state index contributed by atoms with van der Waals surface area (Å²) in [7, 11) is 0. The molecule has 0 aliphatic heterocycles. The van der Waals surface area contributed by atoms with E-state index in [9.17, 15) is 17.6 Å². The number of hydrogen-bond acceptors (Lipinski definition) is 0. The van der Waals surface area contributed by atoms with Crippen molar-refractivity contribution in [3.8, 4) is 0 Å². The maximum absolute atomic E-state index is 13.2. The Labute approximate surface area is 93.4 Å². The van der Waals surface area contributed by atoms with Crippen molar-refractivity contribution in [3.63, 3.8) is 0 Å². The molecule has 0 saturated carbocycles. The van der Waals surface area contributed by atoms with E-state index in [1.165, 1.54) is 0 Å². The minimum Gasteiger partial charge on any atom is -0.203 e. The van der Waals surface area contributed by atoms with Crippen LogP contribution in [0.3, 0.4) is 0 Å². The number of rotatable bonds is 3. The van der Waals surface area contributed by atoms with E-state index in [4.69, 9.17) is 0 Å². The van der Waals surface area contributed by atoms with Gasteiger partial charge in [-0.05, 0) is 28.8 Å². The van der Waals surface area contributed by atoms with Crippen molar-refractivity contribution in [2.45, 2.75) is 26.2 Å². The SMILES string of the molecule is CCCCc1c(F)c(F)c(Br)c(F)c1F. The Hall–Kier alpha value is -0.580. The van der Waals surface area contributed by atoms with Crippen LogP contribution in [0.1, 0.15) is 25.3 Å². The van der Waals surface area contributed by atoms with E-state index in [1.807, 2.05) is 6.92 Å². The Morgan fingerprint density at radius 1 is 0.933 bits per heavy atom. The number of halogens is 5. The average Bonchev–Trinajstić information content (AvgIpc) is 2.24. The summed E-state index contributed by atoms with van der Waals surface area (Å²) in [5, 5.41) is 0. The summed E-state index contributed by atoms with van der Waals surface area (Å²) in [6.45, 7) is 1.82. The summed E-state index contributed by atoms with van der Waals surface area (Å²) < 4.78 is 51.7. The van der Waals surface area contributed by atoms with Gasteiger partial charge in [0.1, 0.15) is 0 Å². The van der Waals surface area contributed by atoms with Gasteiger partial charge in [0.2, 0.25) is 0 Å². The molecule has 1 aromatic rings. The molecule has 0 aliphatic rings. The van der Waals surface area contributed by atoms with Gasteiger partial charge >= 0.3 is 0 Å². The second kappa shape index (κ2) is 4.96. The molecule has 0 N–H and O–H groups in total. The standard InChI is InChI=1S/C10H9BrF4/c1-2-3-4-5-7(12)9(14)6(11)10(15)8(5)13/h2-4H2,1H3. The third kappa shape index (κ3) is 2.33. The number of unbranched alkanes of at least 4 members (excludes halogenated alkanes) is 1. The van der Waals surface area contributed by atoms with Crippen LogP contribution >= 0.6 is 15.9 Å². The molecule has 0 amide bonds. The number of benzene rings is 1. The summed E-state index contributed by atoms with van der Waals surface area (Å²) in [5.41, 5.74) is -0.518. The summed E-state index contributed by atoms with van der Waals surface area (Å²) in [6.07, 6.45) is 1.17. The molecule has 0 fully saturated rings. The zero-order valence-electron chi connectivity index (χ0n) is 8.01. The summed E-state index contributed by atoms with van der Waals surface area (Å²) in [5.74, 6) is -5.37. The van der Waals surface area contributed by atoms with Gasteiger partial charge in [-0.1, -0.05) is 13.3 Å². The van der Waals surface area contributed by atoms with Crippen LogP contribution < -0.4 is 0 Å². The molecule has 1 aromatic carbocycles. The van der Waals surface area contributed by atoms with Gasteiger partial charge in [0.15, 0.2) is 23.3 Å². The van der Waals surface area contributed by atoms with E-state index in [1.54, 1.807) is 0 Å². The van der Waals surface area contributed by atoms with Gasteiger partial charge in [-0.15, -0.1) is 0 Å². The summed E-state index contributed by atoms with van der Waals surface area (Å²) >= 11 is 2.45. The Morgan fingerprint density at radius 2 is 1.40 bits per heavy atom. The highest BCUT2D eigenvalue weighted by Crippen LogP contribution is 2.28. The van der Waals surface area contributed by atoms with Crippen LogP contribution in [-0.2, 0) is 6.42 Å². The van der Waals surface area contributed by atoms with Gasteiger partial charge in [0.25, 0.3) is 0 Å². The third-order valence-electron chi connectivity index (χ3n) is 2.08. The van der Waals surface area contributed by atoms with E-state index < -0.39 is 33.3 Å². The Kier molecular flexibility index (Phi) is 4.13. The van der Waals surface area contributed by atoms with Crippen LogP contribution in [0.5, 0.6) is 0 Å². The van der Waals surface area contributed by atoms with Crippen LogP contribution in [0.2, 0.25) is 0 Å². The lowest BCUT2D eigenvalue weighted by molar-refractivity contribution is 0.430. The topological polar surface area (TPSA) is 0 Å². The first-order valence-electron chi connectivity index (χ1n) is 4.51. The first-order valence-corrected chi connectivity index (χ1v) is 5.30. The predicted octanol–water partition coefficient (Wildman–Crippen LogP) is 4.35. The quantitative estimate of drug-likeness (QED) is 0.440. The van der Waals surface area contributed by atoms with E-state index in [0.717, 1.165) is 0 Å². The molecule has 0 radical (unpaired) electrons. The van der Waals surface area contributed by atoms with Crippen molar-refractivity contribution in [2.75, 3.05) is 0 Å². The van der Waals surface area contributed by atoms with Crippen LogP contribution in [0, 0.1) is 23.3 Å². The van der Waals surface area contributed by atoms with Crippen molar-refractivity contribution in [3.05, 3.63) is 33.3 Å². The predicted molar refractivity (Wildman–Crippen MR) is 52.6 cm³/mol. The first-order chi connectivity index (χ1) is 7.00. The molecule has 0 unspecified atom stereocenters. The normalized spacial score (nSPS) is 10.8. The third-order valence-corrected chi connectivity index (χ3v) is 2.78. The van der Waals surface area contributed by atoms with E-state index in [0.29, 0.717) is 12.8 Å². The molecule has 0 aliphatic carbocycles. The van der Waals surface area contributed by atoms with Crippen LogP contribution in [0.15, 0.2) is 4.47 Å². The second-order valence-corrected chi connectivity index (χ2v) is 3.95. The molecule has 5 heteroatoms. The van der Waals surface area contributed by atoms with Crippen LogP contribution in [0.25, 0.3) is 0 Å². The molecule has 0 saturated heterocycles. The van der Waals surface area contributed by atoms with Gasteiger partial charge in [0, 0.05) is 5.56 Å². The fraction of sp³-hybridized carbons (Fsp3) is 0.400. The number of hydrogen-bond donors (Lipinski definition) is 0. The largest absolute Gasteiger partial charge is 0.203 e. The summed E-state index contributed by atoms with van der Waals surface area (Å²) in [4.78, 5) is 0. The zero-order valence-corrected chi connectivity index (χ0v) is 9.60. The summed E-state index contributed by atoms with van der Waals surface area (Å²) in [6, 6.07) is 0. The van der Waals surface area contributed by atoms with Gasteiger partial charge in [-0.25, -0.2) is 17.6 Å². The Bertz CT molecular complexity index is 347. The van der Waals surface area contributed by atoms with E-state index in [-0.39, 0.29) is 6.42 Å². The minimum absolute atomic E-state index is 0.00468. The second-order valence-electron chi connectivity index (χ2n) is 3.15. The highest BCUT2D eigenvalue weighted by molar-refractivity contribution is 9.10. The molecule has 1 rings (SSSR count). The van der Waals surface area contributed by atoms with Gasteiger partial charge in [-0.3, -0.25) is 0 Å². The van der Waals surface area contributed by atoms with Crippen LogP contribution in [0.4, 0.5) is 17.6 Å². The molecule has 0 spiro atoms. The molecule has 84 valence electrons. The lowest BCUT2D eigenvalue weighted by atomic mass is 10.1. The molecule has 0 bridgehead atoms. The average molecular weight is 285 g/mol. The fourth-order valence-electron chi connectivity index (χ4n) is 1.22. The van der Waals surface area contributed by atoms with Crippen molar-refractivity contribution in [1.29, 1.82) is 0 Å². The van der Waals surface area contributed by atoms with E-state index in [2.05, 4.69) is 15.9 Å². The maximum Gasteiger partial charge on any atom is 0.176 e. The van der Waals surface area contributed by atoms with Crippen molar-refractivity contribution >= 4 is 15.9 Å². The smallest absolute Gasteiger partial charge is 0.176 e. The Morgan fingerprint density at radius 3 is 1.80 bits per heavy atom. The lowest BCUT2D eigenvalue weighted by Crippen LogP contribution is -2.04. The van der Waals surface area contributed by atoms with Crippen LogP contribution in [-0.4, -0.2) is 0 Å². The zero-order chi connectivity index (χ0) is 11.6. The van der Waals surface area contributed by atoms with Crippen molar-refractivity contribution < 1.29 is 17.6 Å². The molecule has 0 heterocycles. The first kappa shape index (κ1) is 12.5. The maximum atomic E-state index is 13.2. The molecule has 0 nitrogen and oxygen atoms in total. The highest BCUT2D eigenvalue weighted by atomic mass is 79.9. The van der Waals surface area contributed by atoms with Crippen molar-refractivity contribution in [2.24, 2.45) is 0 Å². The van der Waals surface area contributed by atoms with E-state index >= 15 is 0 Å².